The zero-order valence-corrected chi connectivity index (χ0v) is 15.9. The first-order chi connectivity index (χ1) is 13.0. The number of carbonyl (C=O) groups excluding carboxylic acids is 1. The number of amides is 1. The standard InChI is InChI=1S/C18H20N6O2S/c1-10(12-4-3-6-19-8-12)20-18-22-14(15-16(23-18)21-11(2)27-15)17(26)24-7-5-13(25)9-24/h3-4,6,8,10,13,25H,5,7,9H2,1-2H3,(H,20,22,23). The number of hydrogen-bond acceptors (Lipinski definition) is 8. The van der Waals surface area contributed by atoms with Crippen molar-refractivity contribution in [3.05, 3.63) is 40.8 Å². The van der Waals surface area contributed by atoms with Gasteiger partial charge in [0, 0.05) is 25.5 Å². The summed E-state index contributed by atoms with van der Waals surface area (Å²) in [6.07, 6.45) is 3.61. The van der Waals surface area contributed by atoms with Crippen LogP contribution in [0.4, 0.5) is 5.95 Å². The molecule has 0 aromatic carbocycles. The van der Waals surface area contributed by atoms with E-state index in [1.54, 1.807) is 17.3 Å². The first kappa shape index (κ1) is 17.7. The summed E-state index contributed by atoms with van der Waals surface area (Å²) >= 11 is 1.41. The first-order valence-electron chi connectivity index (χ1n) is 8.80. The lowest BCUT2D eigenvalue weighted by atomic mass is 10.1. The zero-order chi connectivity index (χ0) is 19.0. The van der Waals surface area contributed by atoms with E-state index in [1.165, 1.54) is 11.3 Å². The van der Waals surface area contributed by atoms with Crippen molar-refractivity contribution in [1.82, 2.24) is 24.8 Å². The highest BCUT2D eigenvalue weighted by molar-refractivity contribution is 7.18. The molecule has 4 heterocycles. The van der Waals surface area contributed by atoms with E-state index in [4.69, 9.17) is 0 Å². The molecular weight excluding hydrogens is 364 g/mol. The first-order valence-corrected chi connectivity index (χ1v) is 9.62. The summed E-state index contributed by atoms with van der Waals surface area (Å²) in [7, 11) is 0. The Balaban J connectivity index is 1.69. The van der Waals surface area contributed by atoms with Gasteiger partial charge in [-0.3, -0.25) is 9.78 Å². The third-order valence-corrected chi connectivity index (χ3v) is 5.51. The number of thiazole rings is 1. The third kappa shape index (κ3) is 3.60. The van der Waals surface area contributed by atoms with Crippen LogP contribution in [0.25, 0.3) is 10.3 Å². The molecule has 2 unspecified atom stereocenters. The van der Waals surface area contributed by atoms with Crippen molar-refractivity contribution in [1.29, 1.82) is 0 Å². The van der Waals surface area contributed by atoms with Crippen LogP contribution in [0.1, 0.15) is 40.4 Å². The molecule has 9 heteroatoms. The third-order valence-electron chi connectivity index (χ3n) is 4.54. The van der Waals surface area contributed by atoms with Gasteiger partial charge in [-0.25, -0.2) is 9.97 Å². The normalized spacial score (nSPS) is 18.0. The van der Waals surface area contributed by atoms with Crippen molar-refractivity contribution >= 4 is 33.5 Å². The molecule has 3 aromatic rings. The molecule has 0 aliphatic carbocycles. The lowest BCUT2D eigenvalue weighted by Gasteiger charge is -2.17. The molecular formula is C18H20N6O2S. The number of aryl methyl sites for hydroxylation is 1. The summed E-state index contributed by atoms with van der Waals surface area (Å²) in [6, 6.07) is 3.76. The number of carbonyl (C=O) groups is 1. The van der Waals surface area contributed by atoms with Gasteiger partial charge in [0.25, 0.3) is 5.91 Å². The van der Waals surface area contributed by atoms with Crippen LogP contribution < -0.4 is 5.32 Å². The molecule has 8 nitrogen and oxygen atoms in total. The van der Waals surface area contributed by atoms with E-state index in [9.17, 15) is 9.90 Å². The SMILES string of the molecule is Cc1nc2nc(NC(C)c3cccnc3)nc(C(=O)N3CCC(O)C3)c2s1. The average Bonchev–Trinajstić information content (AvgIpc) is 3.26. The van der Waals surface area contributed by atoms with E-state index in [2.05, 4.69) is 25.3 Å². The van der Waals surface area contributed by atoms with Crippen LogP contribution in [0.15, 0.2) is 24.5 Å². The Hall–Kier alpha value is -2.65. The molecule has 4 rings (SSSR count). The van der Waals surface area contributed by atoms with Crippen molar-refractivity contribution < 1.29 is 9.90 Å². The van der Waals surface area contributed by atoms with Gasteiger partial charge in [-0.05, 0) is 31.9 Å². The predicted molar refractivity (Wildman–Crippen MR) is 103 cm³/mol. The Morgan fingerprint density at radius 1 is 1.41 bits per heavy atom. The Morgan fingerprint density at radius 3 is 2.96 bits per heavy atom. The molecule has 0 spiro atoms. The molecule has 3 aromatic heterocycles. The van der Waals surface area contributed by atoms with E-state index < -0.39 is 6.10 Å². The molecule has 140 valence electrons. The number of nitrogens with zero attached hydrogens (tertiary/aromatic N) is 5. The number of fused-ring (bicyclic) bond motifs is 1. The second-order valence-electron chi connectivity index (χ2n) is 6.63. The van der Waals surface area contributed by atoms with Gasteiger partial charge in [-0.1, -0.05) is 6.07 Å². The van der Waals surface area contributed by atoms with Crippen LogP contribution in [0, 0.1) is 6.92 Å². The fourth-order valence-corrected chi connectivity index (χ4v) is 3.96. The minimum absolute atomic E-state index is 0.0764. The van der Waals surface area contributed by atoms with E-state index in [0.29, 0.717) is 41.5 Å². The highest BCUT2D eigenvalue weighted by Crippen LogP contribution is 2.27. The number of hydrogen-bond donors (Lipinski definition) is 2. The Labute approximate surface area is 160 Å². The van der Waals surface area contributed by atoms with Crippen molar-refractivity contribution in [3.63, 3.8) is 0 Å². The molecule has 0 radical (unpaired) electrons. The average molecular weight is 384 g/mol. The number of nitrogens with one attached hydrogen (secondary N) is 1. The number of pyridine rings is 1. The van der Waals surface area contributed by atoms with Gasteiger partial charge in [0.15, 0.2) is 11.3 Å². The Morgan fingerprint density at radius 2 is 2.26 bits per heavy atom. The molecule has 1 fully saturated rings. The summed E-state index contributed by atoms with van der Waals surface area (Å²) in [6.45, 7) is 4.72. The number of aliphatic hydroxyl groups excluding tert-OH is 1. The molecule has 1 aliphatic rings. The van der Waals surface area contributed by atoms with Gasteiger partial charge in [-0.15, -0.1) is 11.3 Å². The molecule has 1 amide bonds. The fraction of sp³-hybridized carbons (Fsp3) is 0.389. The minimum atomic E-state index is -0.474. The second-order valence-corrected chi connectivity index (χ2v) is 7.83. The number of rotatable bonds is 4. The van der Waals surface area contributed by atoms with Gasteiger partial charge < -0.3 is 15.3 Å². The lowest BCUT2D eigenvalue weighted by molar-refractivity contribution is 0.0761. The number of β-amino-alcohol motifs (C(OH)–C–C–N with tert-alkyl or cyclic N) is 1. The maximum absolute atomic E-state index is 13.0. The lowest BCUT2D eigenvalue weighted by Crippen LogP contribution is -2.30. The molecule has 27 heavy (non-hydrogen) atoms. The number of aromatic nitrogens is 4. The van der Waals surface area contributed by atoms with Crippen molar-refractivity contribution in [2.45, 2.75) is 32.4 Å². The highest BCUT2D eigenvalue weighted by Gasteiger charge is 2.29. The van der Waals surface area contributed by atoms with E-state index in [-0.39, 0.29) is 11.9 Å². The molecule has 0 saturated carbocycles. The van der Waals surface area contributed by atoms with E-state index in [0.717, 1.165) is 10.6 Å². The zero-order valence-electron chi connectivity index (χ0n) is 15.1. The van der Waals surface area contributed by atoms with Gasteiger partial charge in [0.2, 0.25) is 5.95 Å². The molecule has 2 N–H and O–H groups in total. The van der Waals surface area contributed by atoms with Crippen molar-refractivity contribution in [3.8, 4) is 0 Å². The predicted octanol–water partition coefficient (Wildman–Crippen LogP) is 2.17. The summed E-state index contributed by atoms with van der Waals surface area (Å²) in [5, 5.41) is 13.8. The van der Waals surface area contributed by atoms with E-state index >= 15 is 0 Å². The van der Waals surface area contributed by atoms with Crippen LogP contribution >= 0.6 is 11.3 Å². The number of likely N-dealkylation sites (tertiary alicyclic amines) is 1. The maximum atomic E-state index is 13.0. The van der Waals surface area contributed by atoms with Crippen LogP contribution in [-0.2, 0) is 0 Å². The van der Waals surface area contributed by atoms with Gasteiger partial charge in [-0.2, -0.15) is 4.98 Å². The fourth-order valence-electron chi connectivity index (χ4n) is 3.12. The van der Waals surface area contributed by atoms with Crippen molar-refractivity contribution in [2.75, 3.05) is 18.4 Å². The Kier molecular flexibility index (Phi) is 4.71. The van der Waals surface area contributed by atoms with E-state index in [1.807, 2.05) is 26.0 Å². The highest BCUT2D eigenvalue weighted by atomic mass is 32.1. The molecule has 1 aliphatic heterocycles. The smallest absolute Gasteiger partial charge is 0.274 e. The maximum Gasteiger partial charge on any atom is 0.274 e. The summed E-state index contributed by atoms with van der Waals surface area (Å²) in [5.41, 5.74) is 1.84. The van der Waals surface area contributed by atoms with Crippen LogP contribution in [0.3, 0.4) is 0 Å². The second kappa shape index (κ2) is 7.16. The summed E-state index contributed by atoms with van der Waals surface area (Å²) in [4.78, 5) is 32.2. The molecule has 1 saturated heterocycles. The largest absolute Gasteiger partial charge is 0.391 e. The van der Waals surface area contributed by atoms with Crippen LogP contribution in [0.2, 0.25) is 0 Å². The van der Waals surface area contributed by atoms with Crippen LogP contribution in [-0.4, -0.2) is 55.0 Å². The Bertz CT molecular complexity index is 977. The topological polar surface area (TPSA) is 104 Å². The van der Waals surface area contributed by atoms with Gasteiger partial charge in [0.05, 0.1) is 17.2 Å². The van der Waals surface area contributed by atoms with Gasteiger partial charge in [0.1, 0.15) is 4.70 Å². The summed E-state index contributed by atoms with van der Waals surface area (Å²) in [5.74, 6) is 0.159. The number of anilines is 1. The minimum Gasteiger partial charge on any atom is -0.391 e. The van der Waals surface area contributed by atoms with Crippen molar-refractivity contribution in [2.24, 2.45) is 0 Å². The summed E-state index contributed by atoms with van der Waals surface area (Å²) < 4.78 is 0.679. The monoisotopic (exact) mass is 384 g/mol. The molecule has 2 atom stereocenters. The number of aliphatic hydroxyl groups is 1. The van der Waals surface area contributed by atoms with Gasteiger partial charge >= 0.3 is 0 Å². The molecule has 0 bridgehead atoms. The quantitative estimate of drug-likeness (QED) is 0.710. The van der Waals surface area contributed by atoms with Crippen LogP contribution in [0.5, 0.6) is 0 Å².